The number of hydrogen-bond donors (Lipinski definition) is 5. The SMILES string of the molecule is C[C@]12C=CC(=O)C=C1CC[C@H]1[C@H]2[C@@H](O)C[C@@]2(C)[C@H]1CC[C@]2(O)C(=O)COC(=O)CCC(=O)N[C@H](CCC(=O)O)C(=O)O. The maximum atomic E-state index is 13.4. The third-order valence-electron chi connectivity index (χ3n) is 10.3. The Kier molecular flexibility index (Phi) is 8.80. The number of carbonyl (C=O) groups is 6. The highest BCUT2D eigenvalue weighted by atomic mass is 16.5. The number of carboxylic acids is 2. The van der Waals surface area contributed by atoms with Crippen LogP contribution in [0.15, 0.2) is 23.8 Å². The Bertz CT molecular complexity index is 1240. The molecule has 4 aliphatic carbocycles. The molecule has 12 nitrogen and oxygen atoms in total. The number of aliphatic hydroxyl groups is 2. The van der Waals surface area contributed by atoms with Gasteiger partial charge >= 0.3 is 17.9 Å². The third-order valence-corrected chi connectivity index (χ3v) is 10.3. The maximum absolute atomic E-state index is 13.4. The topological polar surface area (TPSA) is 205 Å². The van der Waals surface area contributed by atoms with Crippen molar-refractivity contribution in [1.82, 2.24) is 5.32 Å². The lowest BCUT2D eigenvalue weighted by atomic mass is 9.46. The van der Waals surface area contributed by atoms with Crippen LogP contribution in [0.5, 0.6) is 0 Å². The molecule has 0 saturated heterocycles. The Hall–Kier alpha value is -3.38. The lowest BCUT2D eigenvalue weighted by molar-refractivity contribution is -0.181. The van der Waals surface area contributed by atoms with E-state index in [4.69, 9.17) is 14.9 Å². The van der Waals surface area contributed by atoms with Crippen LogP contribution in [-0.4, -0.2) is 80.2 Å². The van der Waals surface area contributed by atoms with Crippen LogP contribution >= 0.6 is 0 Å². The second kappa shape index (κ2) is 11.7. The summed E-state index contributed by atoms with van der Waals surface area (Å²) in [7, 11) is 0. The van der Waals surface area contributed by atoms with Crippen LogP contribution in [0.1, 0.15) is 71.6 Å². The molecule has 4 rings (SSSR count). The highest BCUT2D eigenvalue weighted by molar-refractivity contribution is 6.01. The summed E-state index contributed by atoms with van der Waals surface area (Å²) in [5.74, 6) is -5.24. The minimum atomic E-state index is -1.82. The number of hydrogen-bond acceptors (Lipinski definition) is 9. The first-order chi connectivity index (χ1) is 19.6. The molecule has 0 aliphatic heterocycles. The van der Waals surface area contributed by atoms with Crippen molar-refractivity contribution < 1.29 is 53.9 Å². The van der Waals surface area contributed by atoms with E-state index in [1.54, 1.807) is 12.2 Å². The molecule has 0 aromatic rings. The van der Waals surface area contributed by atoms with Gasteiger partial charge in [0, 0.05) is 29.6 Å². The number of nitrogens with one attached hydrogen (secondary N) is 1. The van der Waals surface area contributed by atoms with Crippen molar-refractivity contribution in [3.8, 4) is 0 Å². The van der Waals surface area contributed by atoms with E-state index in [1.807, 2.05) is 19.9 Å². The summed E-state index contributed by atoms with van der Waals surface area (Å²) >= 11 is 0. The van der Waals surface area contributed by atoms with Crippen molar-refractivity contribution in [3.63, 3.8) is 0 Å². The van der Waals surface area contributed by atoms with Crippen LogP contribution in [0.4, 0.5) is 0 Å². The van der Waals surface area contributed by atoms with Gasteiger partial charge in [0.2, 0.25) is 11.7 Å². The molecule has 0 radical (unpaired) electrons. The average molecular weight is 590 g/mol. The molecule has 0 spiro atoms. The fourth-order valence-electron chi connectivity index (χ4n) is 8.13. The molecule has 42 heavy (non-hydrogen) atoms. The molecule has 12 heteroatoms. The van der Waals surface area contributed by atoms with Crippen LogP contribution in [0.3, 0.4) is 0 Å². The number of ether oxygens (including phenoxy) is 1. The van der Waals surface area contributed by atoms with Crippen molar-refractivity contribution in [1.29, 1.82) is 0 Å². The van der Waals surface area contributed by atoms with Crippen LogP contribution < -0.4 is 5.32 Å². The number of allylic oxidation sites excluding steroid dienone is 4. The number of rotatable bonds is 11. The minimum absolute atomic E-state index is 0.0202. The Balaban J connectivity index is 1.35. The van der Waals surface area contributed by atoms with E-state index < -0.39 is 84.0 Å². The van der Waals surface area contributed by atoms with Crippen LogP contribution in [-0.2, 0) is 33.5 Å². The number of carboxylic acid groups (broad SMARTS) is 2. The fraction of sp³-hybridized carbons (Fsp3) is 0.667. The zero-order valence-corrected chi connectivity index (χ0v) is 23.8. The zero-order valence-electron chi connectivity index (χ0n) is 23.8. The van der Waals surface area contributed by atoms with Gasteiger partial charge in [0.1, 0.15) is 11.6 Å². The average Bonchev–Trinajstić information content (AvgIpc) is 3.19. The van der Waals surface area contributed by atoms with E-state index in [1.165, 1.54) is 0 Å². The second-order valence-corrected chi connectivity index (χ2v) is 12.6. The van der Waals surface area contributed by atoms with Crippen molar-refractivity contribution in [2.75, 3.05) is 6.61 Å². The van der Waals surface area contributed by atoms with Crippen molar-refractivity contribution in [2.24, 2.45) is 28.6 Å². The number of Topliss-reactive ketones (excluding diaryl/α,β-unsaturated/α-hetero) is 1. The Labute approximate surface area is 243 Å². The number of carbonyl (C=O) groups excluding carboxylic acids is 4. The quantitative estimate of drug-likeness (QED) is 0.217. The van der Waals surface area contributed by atoms with Gasteiger partial charge in [0.15, 0.2) is 12.4 Å². The Morgan fingerprint density at radius 3 is 2.48 bits per heavy atom. The van der Waals surface area contributed by atoms with Gasteiger partial charge in [-0.1, -0.05) is 25.5 Å². The van der Waals surface area contributed by atoms with E-state index in [-0.39, 0.29) is 42.8 Å². The van der Waals surface area contributed by atoms with Gasteiger partial charge in [0.25, 0.3) is 0 Å². The molecule has 0 unspecified atom stereocenters. The standard InChI is InChI=1S/C30H39NO11/c1-28-11-9-17(32)13-16(28)3-4-18-19-10-12-30(41,29(19,2)14-21(33)26(18)28)22(34)15-42-25(38)8-6-23(35)31-20(27(39)40)5-7-24(36)37/h9,11,13,18-21,26,33,41H,3-8,10,12,14-15H2,1-2H3,(H,31,35)(H,36,37)(H,39,40)/t18-,19+,20-,21+,26+,28+,29+,30+/m1/s1. The Morgan fingerprint density at radius 2 is 1.81 bits per heavy atom. The molecule has 0 aromatic heterocycles. The predicted molar refractivity (Wildman–Crippen MR) is 145 cm³/mol. The smallest absolute Gasteiger partial charge is 0.326 e. The van der Waals surface area contributed by atoms with Gasteiger partial charge in [-0.3, -0.25) is 24.0 Å². The van der Waals surface area contributed by atoms with Crippen LogP contribution in [0.2, 0.25) is 0 Å². The molecule has 3 fully saturated rings. The number of aliphatic carboxylic acids is 2. The molecule has 0 heterocycles. The number of esters is 1. The molecule has 4 aliphatic rings. The van der Waals surface area contributed by atoms with Crippen molar-refractivity contribution in [3.05, 3.63) is 23.8 Å². The summed E-state index contributed by atoms with van der Waals surface area (Å²) in [6.45, 7) is 3.13. The number of ketones is 2. The van der Waals surface area contributed by atoms with E-state index >= 15 is 0 Å². The molecule has 1 amide bonds. The highest BCUT2D eigenvalue weighted by Gasteiger charge is 2.68. The lowest BCUT2D eigenvalue weighted by Gasteiger charge is -2.59. The molecular weight excluding hydrogens is 550 g/mol. The number of aliphatic hydroxyl groups excluding tert-OH is 1. The first-order valence-corrected chi connectivity index (χ1v) is 14.4. The van der Waals surface area contributed by atoms with Gasteiger partial charge < -0.3 is 30.5 Å². The molecule has 3 saturated carbocycles. The molecule has 0 bridgehead atoms. The normalized spacial score (nSPS) is 35.6. The molecule has 5 N–H and O–H groups in total. The summed E-state index contributed by atoms with van der Waals surface area (Å²) in [6.07, 6.45) is 4.91. The molecule has 8 atom stereocenters. The van der Waals surface area contributed by atoms with Gasteiger partial charge in [-0.05, 0) is 62.5 Å². The number of amides is 1. The summed E-state index contributed by atoms with van der Waals surface area (Å²) in [5, 5.41) is 43.2. The molecule has 230 valence electrons. The summed E-state index contributed by atoms with van der Waals surface area (Å²) in [6, 6.07) is -1.42. The van der Waals surface area contributed by atoms with E-state index in [0.29, 0.717) is 12.8 Å². The number of fused-ring (bicyclic) bond motifs is 5. The second-order valence-electron chi connectivity index (χ2n) is 12.6. The van der Waals surface area contributed by atoms with Gasteiger partial charge in [-0.15, -0.1) is 0 Å². The monoisotopic (exact) mass is 589 g/mol. The zero-order chi connectivity index (χ0) is 31.0. The maximum Gasteiger partial charge on any atom is 0.326 e. The van der Waals surface area contributed by atoms with Crippen LogP contribution in [0, 0.1) is 28.6 Å². The summed E-state index contributed by atoms with van der Waals surface area (Å²) in [5.41, 5.74) is -2.26. The minimum Gasteiger partial charge on any atom is -0.481 e. The summed E-state index contributed by atoms with van der Waals surface area (Å²) in [4.78, 5) is 71.7. The first-order valence-electron chi connectivity index (χ1n) is 14.4. The summed E-state index contributed by atoms with van der Waals surface area (Å²) < 4.78 is 5.08. The van der Waals surface area contributed by atoms with Gasteiger partial charge in [-0.2, -0.15) is 0 Å². The largest absolute Gasteiger partial charge is 0.481 e. The third kappa shape index (κ3) is 5.66. The Morgan fingerprint density at radius 1 is 1.10 bits per heavy atom. The van der Waals surface area contributed by atoms with E-state index in [2.05, 4.69) is 5.32 Å². The predicted octanol–water partition coefficient (Wildman–Crippen LogP) is 1.32. The van der Waals surface area contributed by atoms with Crippen LogP contribution in [0.25, 0.3) is 0 Å². The van der Waals surface area contributed by atoms with Gasteiger partial charge in [0.05, 0.1) is 12.5 Å². The van der Waals surface area contributed by atoms with Gasteiger partial charge in [-0.25, -0.2) is 4.79 Å². The lowest BCUT2D eigenvalue weighted by Crippen LogP contribution is -2.61. The van der Waals surface area contributed by atoms with Crippen molar-refractivity contribution in [2.45, 2.75) is 89.4 Å². The highest BCUT2D eigenvalue weighted by Crippen LogP contribution is 2.67. The fourth-order valence-corrected chi connectivity index (χ4v) is 8.13. The first kappa shape index (κ1) is 31.6. The van der Waals surface area contributed by atoms with E-state index in [9.17, 15) is 39.0 Å². The van der Waals surface area contributed by atoms with E-state index in [0.717, 1.165) is 12.0 Å². The molecule has 0 aromatic carbocycles. The van der Waals surface area contributed by atoms with Crippen molar-refractivity contribution >= 4 is 35.4 Å². The molecular formula is C30H39NO11.